The quantitative estimate of drug-likeness (QED) is 0.220. The predicted octanol–water partition coefficient (Wildman–Crippen LogP) is -3.01. The van der Waals surface area contributed by atoms with Crippen LogP contribution in [-0.4, -0.2) is 34.4 Å². The number of guanidine groups is 1. The van der Waals surface area contributed by atoms with Crippen LogP contribution in [0, 0.1) is 0 Å². The summed E-state index contributed by atoms with van der Waals surface area (Å²) in [6.07, 6.45) is -1.60. The van der Waals surface area contributed by atoms with Gasteiger partial charge in [-0.1, -0.05) is 0 Å². The van der Waals surface area contributed by atoms with Crippen LogP contribution < -0.4 is 17.2 Å². The third-order valence-corrected chi connectivity index (χ3v) is 0.888. The van der Waals surface area contributed by atoms with E-state index >= 15 is 0 Å². The molecule has 0 fully saturated rings. The Bertz CT molecular complexity index is 176. The molecule has 7 nitrogen and oxygen atoms in total. The number of hydrogen-bond acceptors (Lipinski definition) is 4. The SMILES string of the molecule is NC(N)=NC(O)C(N)C(=O)O. The maximum Gasteiger partial charge on any atom is 0.325 e. The molecule has 7 heteroatoms. The first-order valence-corrected chi connectivity index (χ1v) is 2.70. The van der Waals surface area contributed by atoms with Crippen LogP contribution in [-0.2, 0) is 4.79 Å². The fourth-order valence-corrected chi connectivity index (χ4v) is 0.361. The second-order valence-corrected chi connectivity index (χ2v) is 1.83. The van der Waals surface area contributed by atoms with Gasteiger partial charge in [0, 0.05) is 0 Å². The van der Waals surface area contributed by atoms with Crippen molar-refractivity contribution in [2.75, 3.05) is 0 Å². The van der Waals surface area contributed by atoms with Gasteiger partial charge in [-0.3, -0.25) is 4.79 Å². The Kier molecular flexibility index (Phi) is 3.28. The van der Waals surface area contributed by atoms with Crippen molar-refractivity contribution in [1.82, 2.24) is 0 Å². The van der Waals surface area contributed by atoms with Gasteiger partial charge in [0.1, 0.15) is 0 Å². The minimum Gasteiger partial charge on any atom is -0.480 e. The minimum atomic E-state index is -1.60. The summed E-state index contributed by atoms with van der Waals surface area (Å²) in [5.74, 6) is -1.78. The molecule has 0 aromatic rings. The number of carboxylic acid groups (broad SMARTS) is 1. The first kappa shape index (κ1) is 9.66. The number of rotatable bonds is 3. The van der Waals surface area contributed by atoms with E-state index in [0.717, 1.165) is 0 Å². The molecule has 0 rings (SSSR count). The van der Waals surface area contributed by atoms with Crippen LogP contribution in [0.15, 0.2) is 4.99 Å². The van der Waals surface area contributed by atoms with E-state index < -0.39 is 24.2 Å². The first-order valence-electron chi connectivity index (χ1n) is 2.70. The molecule has 0 aromatic heterocycles. The van der Waals surface area contributed by atoms with Crippen LogP contribution in [0.3, 0.4) is 0 Å². The van der Waals surface area contributed by atoms with E-state index in [1.807, 2.05) is 0 Å². The zero-order valence-electron chi connectivity index (χ0n) is 5.64. The van der Waals surface area contributed by atoms with Gasteiger partial charge < -0.3 is 27.4 Å². The zero-order chi connectivity index (χ0) is 9.02. The number of hydrogen-bond donors (Lipinski definition) is 5. The summed E-state index contributed by atoms with van der Waals surface area (Å²) in [4.78, 5) is 13.2. The van der Waals surface area contributed by atoms with E-state index in [4.69, 9.17) is 27.4 Å². The second-order valence-electron chi connectivity index (χ2n) is 1.83. The van der Waals surface area contributed by atoms with Crippen molar-refractivity contribution < 1.29 is 15.0 Å². The maximum absolute atomic E-state index is 10.1. The van der Waals surface area contributed by atoms with E-state index in [0.29, 0.717) is 0 Å². The van der Waals surface area contributed by atoms with Crippen molar-refractivity contribution in [2.24, 2.45) is 22.2 Å². The lowest BCUT2D eigenvalue weighted by atomic mass is 10.3. The number of nitrogens with two attached hydrogens (primary N) is 3. The molecule has 0 aromatic carbocycles. The summed E-state index contributed by atoms with van der Waals surface area (Å²) >= 11 is 0. The Morgan fingerprint density at radius 3 is 2.18 bits per heavy atom. The van der Waals surface area contributed by atoms with Gasteiger partial charge in [0.2, 0.25) is 0 Å². The molecular formula is C4H10N4O3. The van der Waals surface area contributed by atoms with Gasteiger partial charge in [-0.25, -0.2) is 4.99 Å². The Balaban J connectivity index is 4.14. The zero-order valence-corrected chi connectivity index (χ0v) is 5.64. The summed E-state index contributed by atoms with van der Waals surface area (Å²) in [7, 11) is 0. The molecule has 0 spiro atoms. The first-order chi connectivity index (χ1) is 4.95. The Labute approximate surface area is 62.5 Å². The largest absolute Gasteiger partial charge is 0.480 e. The number of nitrogens with zero attached hydrogens (tertiary/aromatic N) is 1. The van der Waals surface area contributed by atoms with Crippen molar-refractivity contribution in [1.29, 1.82) is 0 Å². The molecule has 0 saturated carbocycles. The van der Waals surface area contributed by atoms with Gasteiger partial charge in [0.15, 0.2) is 18.2 Å². The van der Waals surface area contributed by atoms with Gasteiger partial charge in [-0.2, -0.15) is 0 Å². The van der Waals surface area contributed by atoms with Gasteiger partial charge in [-0.05, 0) is 0 Å². The summed E-state index contributed by atoms with van der Waals surface area (Å²) < 4.78 is 0. The number of carboxylic acids is 1. The van der Waals surface area contributed by atoms with Gasteiger partial charge in [-0.15, -0.1) is 0 Å². The molecular weight excluding hydrogens is 152 g/mol. The third-order valence-electron chi connectivity index (χ3n) is 0.888. The Morgan fingerprint density at radius 2 is 1.91 bits per heavy atom. The highest BCUT2D eigenvalue weighted by atomic mass is 16.4. The predicted molar refractivity (Wildman–Crippen MR) is 37.4 cm³/mol. The molecule has 0 aliphatic rings. The molecule has 0 aliphatic heterocycles. The normalized spacial score (nSPS) is 15.1. The molecule has 0 heterocycles. The van der Waals surface area contributed by atoms with Gasteiger partial charge in [0.25, 0.3) is 0 Å². The molecule has 11 heavy (non-hydrogen) atoms. The average molecular weight is 162 g/mol. The number of aliphatic carboxylic acids is 1. The smallest absolute Gasteiger partial charge is 0.325 e. The van der Waals surface area contributed by atoms with Gasteiger partial charge in [0.05, 0.1) is 0 Å². The highest BCUT2D eigenvalue weighted by Crippen LogP contribution is 1.90. The summed E-state index contributed by atoms with van der Waals surface area (Å²) in [6, 6.07) is -1.50. The van der Waals surface area contributed by atoms with Crippen molar-refractivity contribution in [3.8, 4) is 0 Å². The Hall–Kier alpha value is -1.34. The van der Waals surface area contributed by atoms with Crippen LogP contribution in [0.2, 0.25) is 0 Å². The third kappa shape index (κ3) is 3.38. The van der Waals surface area contributed by atoms with Crippen molar-refractivity contribution >= 4 is 11.9 Å². The van der Waals surface area contributed by atoms with Gasteiger partial charge >= 0.3 is 5.97 Å². The summed E-state index contributed by atoms with van der Waals surface area (Å²) in [5, 5.41) is 17.0. The van der Waals surface area contributed by atoms with Crippen molar-refractivity contribution in [3.05, 3.63) is 0 Å². The molecule has 0 radical (unpaired) electrons. The topological polar surface area (TPSA) is 148 Å². The van der Waals surface area contributed by atoms with Crippen LogP contribution in [0.1, 0.15) is 0 Å². The fourth-order valence-electron chi connectivity index (χ4n) is 0.361. The maximum atomic E-state index is 10.1. The Morgan fingerprint density at radius 1 is 1.45 bits per heavy atom. The van der Waals surface area contributed by atoms with Crippen LogP contribution in [0.4, 0.5) is 0 Å². The molecule has 0 bridgehead atoms. The number of aliphatic hydroxyl groups excluding tert-OH is 1. The number of carbonyl (C=O) groups is 1. The molecule has 2 atom stereocenters. The molecule has 0 amide bonds. The lowest BCUT2D eigenvalue weighted by molar-refractivity contribution is -0.141. The summed E-state index contributed by atoms with van der Waals surface area (Å²) in [5.41, 5.74) is 14.6. The van der Waals surface area contributed by atoms with E-state index in [9.17, 15) is 4.79 Å². The lowest BCUT2D eigenvalue weighted by Crippen LogP contribution is -2.42. The van der Waals surface area contributed by atoms with E-state index in [1.165, 1.54) is 0 Å². The number of aliphatic imine (C=N–C) groups is 1. The monoisotopic (exact) mass is 162 g/mol. The second kappa shape index (κ2) is 3.74. The van der Waals surface area contributed by atoms with Crippen molar-refractivity contribution in [3.63, 3.8) is 0 Å². The standard InChI is InChI=1S/C4H10N4O3/c5-1(3(10)11)2(9)8-4(6)7/h1-2,9H,5H2,(H,10,11)(H4,6,7,8). The summed E-state index contributed by atoms with van der Waals surface area (Å²) in [6.45, 7) is 0. The van der Waals surface area contributed by atoms with E-state index in [1.54, 1.807) is 0 Å². The van der Waals surface area contributed by atoms with Crippen LogP contribution in [0.5, 0.6) is 0 Å². The average Bonchev–Trinajstić information content (AvgIpc) is 1.84. The van der Waals surface area contributed by atoms with E-state index in [2.05, 4.69) is 4.99 Å². The van der Waals surface area contributed by atoms with E-state index in [-0.39, 0.29) is 0 Å². The molecule has 64 valence electrons. The molecule has 0 aliphatic carbocycles. The minimum absolute atomic E-state index is 0.408. The highest BCUT2D eigenvalue weighted by Gasteiger charge is 2.20. The molecule has 2 unspecified atom stereocenters. The van der Waals surface area contributed by atoms with Crippen LogP contribution >= 0.6 is 0 Å². The fraction of sp³-hybridized carbons (Fsp3) is 0.500. The number of aliphatic hydroxyl groups is 1. The molecule has 0 saturated heterocycles. The van der Waals surface area contributed by atoms with Crippen molar-refractivity contribution in [2.45, 2.75) is 12.3 Å². The molecule has 8 N–H and O–H groups in total. The lowest BCUT2D eigenvalue weighted by Gasteiger charge is -2.09. The highest BCUT2D eigenvalue weighted by molar-refractivity contribution is 5.77. The van der Waals surface area contributed by atoms with Crippen LogP contribution in [0.25, 0.3) is 0 Å².